The molecule has 3 N–H and O–H groups in total. The molecular weight excluding hydrogens is 310 g/mol. The Balaban J connectivity index is 1.61. The summed E-state index contributed by atoms with van der Waals surface area (Å²) >= 11 is 0. The van der Waals surface area contributed by atoms with E-state index in [1.807, 2.05) is 25.5 Å². The highest BCUT2D eigenvalue weighted by molar-refractivity contribution is 5.68. The van der Waals surface area contributed by atoms with Crippen LogP contribution in [0.5, 0.6) is 0 Å². The van der Waals surface area contributed by atoms with Crippen LogP contribution in [0.25, 0.3) is 5.70 Å². The topological polar surface area (TPSA) is 57.4 Å². The molecule has 0 aliphatic carbocycles. The average Bonchev–Trinajstić information content (AvgIpc) is 2.63. The standard InChI is InChI=1S/C20H27N5/c1-16-13-18(6-7-19(16)20(21)14-22-2)25-11-9-24(10-12-25)15-17-5-3-4-8-23-17/h3-8,13-14,22H,9-12,15,21H2,1-2H3/b20-14-. The summed E-state index contributed by atoms with van der Waals surface area (Å²) < 4.78 is 0. The van der Waals surface area contributed by atoms with E-state index in [0.29, 0.717) is 0 Å². The predicted octanol–water partition coefficient (Wildman–Crippen LogP) is 2.19. The van der Waals surface area contributed by atoms with Gasteiger partial charge >= 0.3 is 0 Å². The smallest absolute Gasteiger partial charge is 0.0549 e. The first-order valence-corrected chi connectivity index (χ1v) is 8.78. The molecule has 0 amide bonds. The van der Waals surface area contributed by atoms with Crippen LogP contribution in [0, 0.1) is 6.92 Å². The highest BCUT2D eigenvalue weighted by Crippen LogP contribution is 2.23. The van der Waals surface area contributed by atoms with E-state index in [0.717, 1.165) is 49.7 Å². The molecule has 1 fully saturated rings. The third kappa shape index (κ3) is 4.31. The van der Waals surface area contributed by atoms with Gasteiger partial charge in [-0.2, -0.15) is 0 Å². The molecule has 0 atom stereocenters. The van der Waals surface area contributed by atoms with Crippen molar-refractivity contribution in [2.75, 3.05) is 38.1 Å². The molecule has 3 rings (SSSR count). The third-order valence-electron chi connectivity index (χ3n) is 4.67. The molecule has 1 aromatic carbocycles. The van der Waals surface area contributed by atoms with E-state index in [1.165, 1.54) is 11.3 Å². The zero-order valence-electron chi connectivity index (χ0n) is 15.1. The Kier molecular flexibility index (Phi) is 5.56. The number of anilines is 1. The van der Waals surface area contributed by atoms with Crippen molar-refractivity contribution in [3.05, 3.63) is 65.6 Å². The van der Waals surface area contributed by atoms with Gasteiger partial charge in [-0.15, -0.1) is 0 Å². The second-order valence-corrected chi connectivity index (χ2v) is 6.47. The molecule has 0 saturated carbocycles. The van der Waals surface area contributed by atoms with Crippen LogP contribution in [0.3, 0.4) is 0 Å². The van der Waals surface area contributed by atoms with Crippen molar-refractivity contribution in [3.8, 4) is 0 Å². The molecule has 2 aromatic rings. The SMILES string of the molecule is CN/C=C(\N)c1ccc(N2CCN(Cc3ccccn3)CC2)cc1C. The fourth-order valence-electron chi connectivity index (χ4n) is 3.29. The minimum atomic E-state index is 0.770. The van der Waals surface area contributed by atoms with E-state index >= 15 is 0 Å². The molecule has 1 aromatic heterocycles. The van der Waals surface area contributed by atoms with Crippen LogP contribution in [0.4, 0.5) is 5.69 Å². The Morgan fingerprint density at radius 1 is 1.20 bits per heavy atom. The van der Waals surface area contributed by atoms with Crippen LogP contribution in [-0.4, -0.2) is 43.1 Å². The normalized spacial score (nSPS) is 16.1. The lowest BCUT2D eigenvalue weighted by Gasteiger charge is -2.36. The van der Waals surface area contributed by atoms with Crippen molar-refractivity contribution in [1.29, 1.82) is 0 Å². The molecule has 0 unspecified atom stereocenters. The lowest BCUT2D eigenvalue weighted by molar-refractivity contribution is 0.247. The van der Waals surface area contributed by atoms with Gasteiger partial charge in [0.05, 0.1) is 11.4 Å². The number of hydrogen-bond donors (Lipinski definition) is 2. The van der Waals surface area contributed by atoms with Gasteiger partial charge < -0.3 is 16.0 Å². The van der Waals surface area contributed by atoms with Crippen LogP contribution in [-0.2, 0) is 6.54 Å². The zero-order valence-corrected chi connectivity index (χ0v) is 15.1. The van der Waals surface area contributed by atoms with Gasteiger partial charge in [-0.1, -0.05) is 12.1 Å². The van der Waals surface area contributed by atoms with Gasteiger partial charge in [0.25, 0.3) is 0 Å². The highest BCUT2D eigenvalue weighted by Gasteiger charge is 2.18. The van der Waals surface area contributed by atoms with E-state index in [2.05, 4.69) is 57.4 Å². The minimum absolute atomic E-state index is 0.770. The summed E-state index contributed by atoms with van der Waals surface area (Å²) in [4.78, 5) is 9.34. The molecule has 132 valence electrons. The molecule has 1 aliphatic heterocycles. The number of pyridine rings is 1. The van der Waals surface area contributed by atoms with E-state index < -0.39 is 0 Å². The fraction of sp³-hybridized carbons (Fsp3) is 0.350. The van der Waals surface area contributed by atoms with Gasteiger partial charge in [0, 0.05) is 63.4 Å². The molecule has 2 heterocycles. The van der Waals surface area contributed by atoms with Gasteiger partial charge in [-0.05, 0) is 36.8 Å². The van der Waals surface area contributed by atoms with E-state index in [4.69, 9.17) is 5.73 Å². The summed E-state index contributed by atoms with van der Waals surface area (Å²) in [5, 5.41) is 2.99. The minimum Gasteiger partial charge on any atom is -0.397 e. The van der Waals surface area contributed by atoms with Crippen molar-refractivity contribution in [1.82, 2.24) is 15.2 Å². The first-order valence-electron chi connectivity index (χ1n) is 8.78. The van der Waals surface area contributed by atoms with Crippen molar-refractivity contribution in [2.45, 2.75) is 13.5 Å². The number of nitrogens with one attached hydrogen (secondary N) is 1. The van der Waals surface area contributed by atoms with Gasteiger partial charge in [0.2, 0.25) is 0 Å². The first kappa shape index (κ1) is 17.3. The predicted molar refractivity (Wildman–Crippen MR) is 104 cm³/mol. The van der Waals surface area contributed by atoms with Gasteiger partial charge in [-0.25, -0.2) is 0 Å². The Morgan fingerprint density at radius 3 is 2.64 bits per heavy atom. The maximum Gasteiger partial charge on any atom is 0.0549 e. The highest BCUT2D eigenvalue weighted by atomic mass is 15.3. The van der Waals surface area contributed by atoms with Crippen molar-refractivity contribution in [3.63, 3.8) is 0 Å². The number of piperazine rings is 1. The summed E-state index contributed by atoms with van der Waals surface area (Å²) in [7, 11) is 1.86. The van der Waals surface area contributed by atoms with E-state index in [1.54, 1.807) is 0 Å². The summed E-state index contributed by atoms with van der Waals surface area (Å²) in [6.45, 7) is 7.23. The first-order chi connectivity index (χ1) is 12.2. The molecular formula is C20H27N5. The quantitative estimate of drug-likeness (QED) is 0.876. The second-order valence-electron chi connectivity index (χ2n) is 6.47. The number of aryl methyl sites for hydroxylation is 1. The number of rotatable bonds is 5. The molecule has 5 nitrogen and oxygen atoms in total. The molecule has 0 spiro atoms. The summed E-state index contributed by atoms with van der Waals surface area (Å²) in [5.74, 6) is 0. The average molecular weight is 337 g/mol. The molecule has 0 radical (unpaired) electrons. The van der Waals surface area contributed by atoms with Crippen LogP contribution in [0.1, 0.15) is 16.8 Å². The van der Waals surface area contributed by atoms with Crippen molar-refractivity contribution in [2.24, 2.45) is 5.73 Å². The van der Waals surface area contributed by atoms with Crippen LogP contribution in [0.2, 0.25) is 0 Å². The Labute approximate surface area is 150 Å². The van der Waals surface area contributed by atoms with Crippen molar-refractivity contribution < 1.29 is 0 Å². The van der Waals surface area contributed by atoms with Crippen molar-refractivity contribution >= 4 is 11.4 Å². The molecule has 1 saturated heterocycles. The summed E-state index contributed by atoms with van der Waals surface area (Å²) in [6.07, 6.45) is 3.70. The lowest BCUT2D eigenvalue weighted by atomic mass is 10.0. The largest absolute Gasteiger partial charge is 0.397 e. The van der Waals surface area contributed by atoms with E-state index in [-0.39, 0.29) is 0 Å². The summed E-state index contributed by atoms with van der Waals surface area (Å²) in [6, 6.07) is 12.6. The summed E-state index contributed by atoms with van der Waals surface area (Å²) in [5.41, 5.74) is 11.6. The number of nitrogens with two attached hydrogens (primary N) is 1. The molecule has 5 heteroatoms. The molecule has 0 bridgehead atoms. The number of benzene rings is 1. The van der Waals surface area contributed by atoms with Crippen LogP contribution < -0.4 is 16.0 Å². The number of nitrogens with zero attached hydrogens (tertiary/aromatic N) is 3. The zero-order chi connectivity index (χ0) is 17.6. The number of hydrogen-bond acceptors (Lipinski definition) is 5. The van der Waals surface area contributed by atoms with Gasteiger partial charge in [0.1, 0.15) is 0 Å². The third-order valence-corrected chi connectivity index (χ3v) is 4.67. The Bertz CT molecular complexity index is 718. The molecule has 1 aliphatic rings. The monoisotopic (exact) mass is 337 g/mol. The maximum absolute atomic E-state index is 6.10. The molecule has 25 heavy (non-hydrogen) atoms. The fourth-order valence-corrected chi connectivity index (χ4v) is 3.29. The lowest BCUT2D eigenvalue weighted by Crippen LogP contribution is -2.46. The van der Waals surface area contributed by atoms with Gasteiger partial charge in [0.15, 0.2) is 0 Å². The van der Waals surface area contributed by atoms with Crippen LogP contribution in [0.15, 0.2) is 48.8 Å². The Hall–Kier alpha value is -2.53. The Morgan fingerprint density at radius 2 is 2.00 bits per heavy atom. The van der Waals surface area contributed by atoms with E-state index in [9.17, 15) is 0 Å². The second kappa shape index (κ2) is 8.03. The maximum atomic E-state index is 6.10. The van der Waals surface area contributed by atoms with Gasteiger partial charge in [-0.3, -0.25) is 9.88 Å². The van der Waals surface area contributed by atoms with Crippen LogP contribution >= 0.6 is 0 Å². The number of aromatic nitrogens is 1.